The molecular formula is C8H19NO3S. The quantitative estimate of drug-likeness (QED) is 0.627. The van der Waals surface area contributed by atoms with E-state index in [1.807, 2.05) is 11.9 Å². The summed E-state index contributed by atoms with van der Waals surface area (Å²) in [5.74, 6) is 0.468. The molecule has 0 amide bonds. The second-order valence-corrected chi connectivity index (χ2v) is 5.59. The highest BCUT2D eigenvalue weighted by Gasteiger charge is 2.07. The van der Waals surface area contributed by atoms with Gasteiger partial charge in [-0.3, -0.25) is 0 Å². The molecule has 0 radical (unpaired) electrons. The fourth-order valence-electron chi connectivity index (χ4n) is 0.981. The lowest BCUT2D eigenvalue weighted by Gasteiger charge is -2.14. The number of rotatable bonds is 7. The summed E-state index contributed by atoms with van der Waals surface area (Å²) in [5.41, 5.74) is 0. The Kier molecular flexibility index (Phi) is 6.28. The largest absolute Gasteiger partial charge is 0.395 e. The van der Waals surface area contributed by atoms with E-state index < -0.39 is 9.84 Å². The van der Waals surface area contributed by atoms with Gasteiger partial charge in [-0.25, -0.2) is 8.42 Å². The van der Waals surface area contributed by atoms with Gasteiger partial charge in [-0.1, -0.05) is 6.92 Å². The molecule has 80 valence electrons. The molecule has 0 atom stereocenters. The number of likely N-dealkylation sites (N-methyl/N-ethyl adjacent to an activating group) is 1. The minimum atomic E-state index is -2.82. The summed E-state index contributed by atoms with van der Waals surface area (Å²) in [5, 5.41) is 8.58. The van der Waals surface area contributed by atoms with Crippen LogP contribution in [0.2, 0.25) is 0 Å². The standard InChI is InChI=1S/C8H19NO3S/c1-3-13(11,12)8-4-5-9(2)6-7-10/h10H,3-8H2,1-2H3. The third kappa shape index (κ3) is 6.98. The molecule has 5 heteroatoms. The van der Waals surface area contributed by atoms with E-state index in [4.69, 9.17) is 5.11 Å². The smallest absolute Gasteiger partial charge is 0.150 e. The molecule has 4 nitrogen and oxygen atoms in total. The van der Waals surface area contributed by atoms with Crippen LogP contribution in [0.3, 0.4) is 0 Å². The summed E-state index contributed by atoms with van der Waals surface area (Å²) in [4.78, 5) is 1.92. The normalized spacial score (nSPS) is 12.3. The first-order valence-corrected chi connectivity index (χ1v) is 6.34. The minimum Gasteiger partial charge on any atom is -0.395 e. The van der Waals surface area contributed by atoms with Crippen molar-refractivity contribution in [3.63, 3.8) is 0 Å². The summed E-state index contributed by atoms with van der Waals surface area (Å²) >= 11 is 0. The van der Waals surface area contributed by atoms with Crippen molar-refractivity contribution >= 4 is 9.84 Å². The zero-order valence-electron chi connectivity index (χ0n) is 8.36. The third-order valence-electron chi connectivity index (χ3n) is 1.92. The van der Waals surface area contributed by atoms with Gasteiger partial charge in [0.2, 0.25) is 0 Å². The molecule has 0 aliphatic rings. The number of aliphatic hydroxyl groups excluding tert-OH is 1. The van der Waals surface area contributed by atoms with Crippen molar-refractivity contribution in [2.45, 2.75) is 13.3 Å². The van der Waals surface area contributed by atoms with Crippen LogP contribution in [-0.2, 0) is 9.84 Å². The van der Waals surface area contributed by atoms with E-state index in [1.54, 1.807) is 6.92 Å². The molecule has 0 bridgehead atoms. The maximum atomic E-state index is 11.1. The summed E-state index contributed by atoms with van der Waals surface area (Å²) in [6.45, 7) is 3.11. The maximum Gasteiger partial charge on any atom is 0.150 e. The van der Waals surface area contributed by atoms with Gasteiger partial charge in [0.25, 0.3) is 0 Å². The fraction of sp³-hybridized carbons (Fsp3) is 1.00. The zero-order valence-corrected chi connectivity index (χ0v) is 9.18. The maximum absolute atomic E-state index is 11.1. The lowest BCUT2D eigenvalue weighted by atomic mass is 10.4. The van der Waals surface area contributed by atoms with Crippen molar-refractivity contribution in [2.24, 2.45) is 0 Å². The lowest BCUT2D eigenvalue weighted by molar-refractivity contribution is 0.222. The number of nitrogens with zero attached hydrogens (tertiary/aromatic N) is 1. The molecular weight excluding hydrogens is 190 g/mol. The molecule has 0 unspecified atom stereocenters. The summed E-state index contributed by atoms with van der Waals surface area (Å²) in [6, 6.07) is 0. The molecule has 0 saturated carbocycles. The SMILES string of the molecule is CCS(=O)(=O)CCCN(C)CCO. The Hall–Kier alpha value is -0.130. The van der Waals surface area contributed by atoms with Gasteiger partial charge in [0.1, 0.15) is 9.84 Å². The van der Waals surface area contributed by atoms with Crippen LogP contribution < -0.4 is 0 Å². The Bertz CT molecular complexity index is 213. The molecule has 0 aliphatic carbocycles. The van der Waals surface area contributed by atoms with Crippen LogP contribution in [0.5, 0.6) is 0 Å². The highest BCUT2D eigenvalue weighted by molar-refractivity contribution is 7.91. The van der Waals surface area contributed by atoms with Crippen molar-refractivity contribution in [1.82, 2.24) is 4.90 Å². The molecule has 1 N–H and O–H groups in total. The van der Waals surface area contributed by atoms with Crippen molar-refractivity contribution in [3.8, 4) is 0 Å². The first-order chi connectivity index (χ1) is 6.02. The van der Waals surface area contributed by atoms with Gasteiger partial charge in [0, 0.05) is 12.3 Å². The molecule has 0 aliphatic heterocycles. The Morgan fingerprint density at radius 1 is 1.31 bits per heavy atom. The fourth-order valence-corrected chi connectivity index (χ4v) is 1.84. The van der Waals surface area contributed by atoms with Crippen LogP contribution in [0.4, 0.5) is 0 Å². The van der Waals surface area contributed by atoms with Crippen LogP contribution in [-0.4, -0.2) is 56.7 Å². The number of sulfone groups is 1. The van der Waals surface area contributed by atoms with Gasteiger partial charge < -0.3 is 10.0 Å². The number of hydrogen-bond donors (Lipinski definition) is 1. The summed E-state index contributed by atoms with van der Waals surface area (Å²) in [7, 11) is -0.949. The van der Waals surface area contributed by atoms with Crippen LogP contribution in [0, 0.1) is 0 Å². The third-order valence-corrected chi connectivity index (χ3v) is 3.71. The predicted octanol–water partition coefficient (Wildman–Crippen LogP) is -0.265. The van der Waals surface area contributed by atoms with Gasteiger partial charge in [-0.05, 0) is 20.0 Å². The van der Waals surface area contributed by atoms with Crippen LogP contribution in [0.25, 0.3) is 0 Å². The second-order valence-electron chi connectivity index (χ2n) is 3.12. The summed E-state index contributed by atoms with van der Waals surface area (Å²) < 4.78 is 22.1. The van der Waals surface area contributed by atoms with Crippen molar-refractivity contribution < 1.29 is 13.5 Å². The lowest BCUT2D eigenvalue weighted by Crippen LogP contribution is -2.25. The first-order valence-electron chi connectivity index (χ1n) is 4.51. The topological polar surface area (TPSA) is 57.6 Å². The average molecular weight is 209 g/mol. The van der Waals surface area contributed by atoms with E-state index in [9.17, 15) is 8.42 Å². The van der Waals surface area contributed by atoms with Gasteiger partial charge in [0.15, 0.2) is 0 Å². The molecule has 13 heavy (non-hydrogen) atoms. The van der Waals surface area contributed by atoms with E-state index >= 15 is 0 Å². The monoisotopic (exact) mass is 209 g/mol. The molecule has 0 heterocycles. The van der Waals surface area contributed by atoms with Gasteiger partial charge >= 0.3 is 0 Å². The van der Waals surface area contributed by atoms with E-state index in [1.165, 1.54) is 0 Å². The van der Waals surface area contributed by atoms with Crippen LogP contribution in [0.15, 0.2) is 0 Å². The van der Waals surface area contributed by atoms with E-state index in [0.29, 0.717) is 13.0 Å². The average Bonchev–Trinajstić information content (AvgIpc) is 2.05. The summed E-state index contributed by atoms with van der Waals surface area (Å²) in [6.07, 6.45) is 0.646. The molecule has 0 aromatic heterocycles. The predicted molar refractivity (Wildman–Crippen MR) is 53.5 cm³/mol. The van der Waals surface area contributed by atoms with E-state index in [0.717, 1.165) is 6.54 Å². The number of aliphatic hydroxyl groups is 1. The number of hydrogen-bond acceptors (Lipinski definition) is 4. The Morgan fingerprint density at radius 3 is 2.38 bits per heavy atom. The second kappa shape index (κ2) is 6.34. The van der Waals surface area contributed by atoms with Gasteiger partial charge in [-0.2, -0.15) is 0 Å². The van der Waals surface area contributed by atoms with Crippen LogP contribution >= 0.6 is 0 Å². The first kappa shape index (κ1) is 12.9. The Labute approximate surface area is 80.5 Å². The minimum absolute atomic E-state index is 0.122. The molecule has 0 aromatic carbocycles. The molecule has 0 saturated heterocycles. The van der Waals surface area contributed by atoms with Crippen molar-refractivity contribution in [3.05, 3.63) is 0 Å². The molecule has 0 fully saturated rings. The van der Waals surface area contributed by atoms with Crippen molar-refractivity contribution in [1.29, 1.82) is 0 Å². The molecule has 0 aromatic rings. The Morgan fingerprint density at radius 2 is 1.92 bits per heavy atom. The zero-order chi connectivity index (χ0) is 10.3. The van der Waals surface area contributed by atoms with E-state index in [2.05, 4.69) is 0 Å². The molecule has 0 spiro atoms. The van der Waals surface area contributed by atoms with Gasteiger partial charge in [-0.15, -0.1) is 0 Å². The highest BCUT2D eigenvalue weighted by Crippen LogP contribution is 1.95. The van der Waals surface area contributed by atoms with Crippen LogP contribution in [0.1, 0.15) is 13.3 Å². The van der Waals surface area contributed by atoms with Gasteiger partial charge in [0.05, 0.1) is 12.4 Å². The van der Waals surface area contributed by atoms with E-state index in [-0.39, 0.29) is 18.1 Å². The van der Waals surface area contributed by atoms with Crippen molar-refractivity contribution in [2.75, 3.05) is 38.2 Å². The Balaban J connectivity index is 3.56. The molecule has 0 rings (SSSR count). The highest BCUT2D eigenvalue weighted by atomic mass is 32.2.